The Bertz CT molecular complexity index is 600. The Morgan fingerprint density at radius 1 is 1.33 bits per heavy atom. The molecule has 3 nitrogen and oxygen atoms in total. The van der Waals surface area contributed by atoms with E-state index in [2.05, 4.69) is 28.5 Å². The molecule has 2 unspecified atom stereocenters. The van der Waals surface area contributed by atoms with Gasteiger partial charge in [0.1, 0.15) is 5.82 Å². The van der Waals surface area contributed by atoms with E-state index in [9.17, 15) is 4.39 Å². The van der Waals surface area contributed by atoms with Crippen LogP contribution in [0.3, 0.4) is 0 Å². The van der Waals surface area contributed by atoms with Crippen molar-refractivity contribution in [1.29, 1.82) is 0 Å². The zero-order chi connectivity index (χ0) is 14.7. The van der Waals surface area contributed by atoms with Crippen LogP contribution in [-0.4, -0.2) is 18.6 Å². The molecule has 0 bridgehead atoms. The first-order chi connectivity index (χ1) is 10.3. The van der Waals surface area contributed by atoms with Crippen molar-refractivity contribution in [2.45, 2.75) is 25.0 Å². The van der Waals surface area contributed by atoms with Crippen molar-refractivity contribution in [3.05, 3.63) is 65.2 Å². The molecule has 0 saturated carbocycles. The molecule has 0 spiro atoms. The van der Waals surface area contributed by atoms with E-state index in [1.165, 1.54) is 23.4 Å². The minimum absolute atomic E-state index is 0.0433. The van der Waals surface area contributed by atoms with Crippen LogP contribution in [0.5, 0.6) is 0 Å². The van der Waals surface area contributed by atoms with Gasteiger partial charge in [0.2, 0.25) is 0 Å². The molecule has 1 aliphatic rings. The van der Waals surface area contributed by atoms with Crippen LogP contribution < -0.4 is 5.32 Å². The summed E-state index contributed by atoms with van der Waals surface area (Å²) in [6.45, 7) is 0.745. The minimum atomic E-state index is -0.312. The second kappa shape index (κ2) is 6.33. The third-order valence-electron chi connectivity index (χ3n) is 4.00. The van der Waals surface area contributed by atoms with Crippen LogP contribution in [0.25, 0.3) is 0 Å². The van der Waals surface area contributed by atoms with E-state index in [0.717, 1.165) is 25.1 Å². The normalized spacial score (nSPS) is 19.0. The standard InChI is InChI=1S/C17H19FN2O/c1-19-16(15-7-6-13(18)11-20-15)10-17-14-5-3-2-4-12(14)8-9-21-17/h2-7,11,16-17,19H,8-10H2,1H3. The van der Waals surface area contributed by atoms with E-state index in [0.29, 0.717) is 0 Å². The highest BCUT2D eigenvalue weighted by molar-refractivity contribution is 5.31. The molecule has 1 N–H and O–H groups in total. The molecule has 0 radical (unpaired) electrons. The first-order valence-electron chi connectivity index (χ1n) is 7.26. The summed E-state index contributed by atoms with van der Waals surface area (Å²) in [6.07, 6.45) is 3.06. The highest BCUT2D eigenvalue weighted by atomic mass is 19.1. The number of hydrogen-bond acceptors (Lipinski definition) is 3. The largest absolute Gasteiger partial charge is 0.373 e. The van der Waals surface area contributed by atoms with E-state index >= 15 is 0 Å². The van der Waals surface area contributed by atoms with Gasteiger partial charge in [-0.05, 0) is 43.1 Å². The van der Waals surface area contributed by atoms with Gasteiger partial charge in [-0.15, -0.1) is 0 Å². The summed E-state index contributed by atoms with van der Waals surface area (Å²) in [5, 5.41) is 3.25. The Balaban J connectivity index is 1.80. The predicted octanol–water partition coefficient (Wildman–Crippen LogP) is 3.19. The molecular formula is C17H19FN2O. The van der Waals surface area contributed by atoms with Gasteiger partial charge in [-0.3, -0.25) is 4.98 Å². The summed E-state index contributed by atoms with van der Waals surface area (Å²) in [4.78, 5) is 4.18. The van der Waals surface area contributed by atoms with E-state index < -0.39 is 0 Å². The number of pyridine rings is 1. The molecule has 4 heteroatoms. The number of aromatic nitrogens is 1. The molecule has 21 heavy (non-hydrogen) atoms. The molecule has 3 rings (SSSR count). The molecule has 1 aliphatic heterocycles. The van der Waals surface area contributed by atoms with Gasteiger partial charge in [0.15, 0.2) is 0 Å². The highest BCUT2D eigenvalue weighted by Gasteiger charge is 2.24. The van der Waals surface area contributed by atoms with Gasteiger partial charge >= 0.3 is 0 Å². The zero-order valence-corrected chi connectivity index (χ0v) is 12.1. The van der Waals surface area contributed by atoms with Gasteiger partial charge < -0.3 is 10.1 Å². The summed E-state index contributed by atoms with van der Waals surface area (Å²) in [7, 11) is 1.89. The summed E-state index contributed by atoms with van der Waals surface area (Å²) >= 11 is 0. The fourth-order valence-corrected chi connectivity index (χ4v) is 2.87. The zero-order valence-electron chi connectivity index (χ0n) is 12.1. The fraction of sp³-hybridized carbons (Fsp3) is 0.353. The Hall–Kier alpha value is -1.78. The monoisotopic (exact) mass is 286 g/mol. The van der Waals surface area contributed by atoms with Crippen molar-refractivity contribution in [2.24, 2.45) is 0 Å². The van der Waals surface area contributed by atoms with Gasteiger partial charge in [-0.1, -0.05) is 24.3 Å². The third kappa shape index (κ3) is 3.12. The van der Waals surface area contributed by atoms with Crippen molar-refractivity contribution in [1.82, 2.24) is 10.3 Å². The van der Waals surface area contributed by atoms with Gasteiger partial charge in [0.05, 0.1) is 30.6 Å². The van der Waals surface area contributed by atoms with E-state index in [4.69, 9.17) is 4.74 Å². The number of rotatable bonds is 4. The maximum Gasteiger partial charge on any atom is 0.141 e. The molecule has 0 aliphatic carbocycles. The lowest BCUT2D eigenvalue weighted by atomic mass is 9.92. The number of fused-ring (bicyclic) bond motifs is 1. The van der Waals surface area contributed by atoms with E-state index in [-0.39, 0.29) is 18.0 Å². The van der Waals surface area contributed by atoms with Crippen LogP contribution in [0.1, 0.15) is 35.4 Å². The van der Waals surface area contributed by atoms with Crippen LogP contribution >= 0.6 is 0 Å². The Morgan fingerprint density at radius 3 is 2.95 bits per heavy atom. The van der Waals surface area contributed by atoms with Crippen LogP contribution in [0.2, 0.25) is 0 Å². The first-order valence-corrected chi connectivity index (χ1v) is 7.26. The van der Waals surface area contributed by atoms with Crippen LogP contribution in [-0.2, 0) is 11.2 Å². The van der Waals surface area contributed by atoms with Crippen molar-refractivity contribution in [2.75, 3.05) is 13.7 Å². The summed E-state index contributed by atoms with van der Waals surface area (Å²) in [6, 6.07) is 11.6. The Kier molecular flexibility index (Phi) is 4.27. The van der Waals surface area contributed by atoms with Crippen molar-refractivity contribution in [3.8, 4) is 0 Å². The van der Waals surface area contributed by atoms with Crippen molar-refractivity contribution < 1.29 is 9.13 Å². The quantitative estimate of drug-likeness (QED) is 0.937. The minimum Gasteiger partial charge on any atom is -0.373 e. The average Bonchev–Trinajstić information content (AvgIpc) is 2.54. The Morgan fingerprint density at radius 2 is 2.19 bits per heavy atom. The third-order valence-corrected chi connectivity index (χ3v) is 4.00. The number of nitrogens with one attached hydrogen (secondary N) is 1. The molecule has 2 atom stereocenters. The molecule has 1 aromatic heterocycles. The lowest BCUT2D eigenvalue weighted by Gasteiger charge is -2.29. The second-order valence-electron chi connectivity index (χ2n) is 5.29. The summed E-state index contributed by atoms with van der Waals surface area (Å²) in [5.41, 5.74) is 3.45. The Labute approximate surface area is 124 Å². The molecular weight excluding hydrogens is 267 g/mol. The number of ether oxygens (including phenoxy) is 1. The molecule has 0 fully saturated rings. The summed E-state index contributed by atoms with van der Waals surface area (Å²) in [5.74, 6) is -0.312. The number of benzene rings is 1. The van der Waals surface area contributed by atoms with Gasteiger partial charge in [-0.25, -0.2) is 4.39 Å². The molecule has 1 aromatic carbocycles. The number of hydrogen-bond donors (Lipinski definition) is 1. The molecule has 110 valence electrons. The maximum absolute atomic E-state index is 13.0. The lowest BCUT2D eigenvalue weighted by Crippen LogP contribution is -2.24. The van der Waals surface area contributed by atoms with Gasteiger partial charge in [0, 0.05) is 0 Å². The first kappa shape index (κ1) is 14.2. The SMILES string of the molecule is CNC(CC1OCCc2ccccc21)c1ccc(F)cn1. The topological polar surface area (TPSA) is 34.1 Å². The van der Waals surface area contributed by atoms with Crippen LogP contribution in [0.15, 0.2) is 42.6 Å². The highest BCUT2D eigenvalue weighted by Crippen LogP contribution is 2.33. The average molecular weight is 286 g/mol. The molecule has 0 amide bonds. The van der Waals surface area contributed by atoms with Crippen LogP contribution in [0, 0.1) is 5.82 Å². The predicted molar refractivity (Wildman–Crippen MR) is 79.5 cm³/mol. The molecule has 0 saturated heterocycles. The van der Waals surface area contributed by atoms with Gasteiger partial charge in [-0.2, -0.15) is 0 Å². The van der Waals surface area contributed by atoms with Crippen molar-refractivity contribution >= 4 is 0 Å². The fourth-order valence-electron chi connectivity index (χ4n) is 2.87. The smallest absolute Gasteiger partial charge is 0.141 e. The number of halogens is 1. The van der Waals surface area contributed by atoms with E-state index in [1.807, 2.05) is 13.1 Å². The van der Waals surface area contributed by atoms with E-state index in [1.54, 1.807) is 6.07 Å². The van der Waals surface area contributed by atoms with Crippen LogP contribution in [0.4, 0.5) is 4.39 Å². The number of nitrogens with zero attached hydrogens (tertiary/aromatic N) is 1. The summed E-state index contributed by atoms with van der Waals surface area (Å²) < 4.78 is 18.9. The lowest BCUT2D eigenvalue weighted by molar-refractivity contribution is 0.0295. The maximum atomic E-state index is 13.0. The molecule has 2 aromatic rings. The van der Waals surface area contributed by atoms with Crippen molar-refractivity contribution in [3.63, 3.8) is 0 Å². The molecule has 2 heterocycles. The second-order valence-corrected chi connectivity index (χ2v) is 5.29. The van der Waals surface area contributed by atoms with Gasteiger partial charge in [0.25, 0.3) is 0 Å².